The highest BCUT2D eigenvalue weighted by Crippen LogP contribution is 2.16. The number of halogens is 1. The van der Waals surface area contributed by atoms with Crippen LogP contribution in [0, 0.1) is 5.92 Å². The smallest absolute Gasteiger partial charge is 0.242 e. The molecule has 0 spiro atoms. The second-order valence-corrected chi connectivity index (χ2v) is 5.16. The molecule has 20 heavy (non-hydrogen) atoms. The van der Waals surface area contributed by atoms with Crippen molar-refractivity contribution >= 4 is 24.2 Å². The minimum Gasteiger partial charge on any atom is -0.383 e. The molecule has 116 valence electrons. The van der Waals surface area contributed by atoms with Gasteiger partial charge in [-0.15, -0.1) is 12.4 Å². The highest BCUT2D eigenvalue weighted by molar-refractivity contribution is 5.87. The fourth-order valence-corrected chi connectivity index (χ4v) is 2.66. The number of ether oxygens (including phenoxy) is 1. The number of hydrogen-bond donors (Lipinski definition) is 1. The second kappa shape index (κ2) is 8.44. The van der Waals surface area contributed by atoms with Gasteiger partial charge in [0, 0.05) is 32.7 Å². The first-order valence-corrected chi connectivity index (χ1v) is 6.98. The van der Waals surface area contributed by atoms with Crippen molar-refractivity contribution in [1.29, 1.82) is 0 Å². The summed E-state index contributed by atoms with van der Waals surface area (Å²) in [5, 5.41) is 3.25. The lowest BCUT2D eigenvalue weighted by Gasteiger charge is -2.36. The summed E-state index contributed by atoms with van der Waals surface area (Å²) >= 11 is 0. The van der Waals surface area contributed by atoms with Gasteiger partial charge < -0.3 is 19.9 Å². The van der Waals surface area contributed by atoms with Crippen molar-refractivity contribution in [3.05, 3.63) is 0 Å². The third-order valence-corrected chi connectivity index (χ3v) is 3.88. The molecule has 2 rings (SSSR count). The van der Waals surface area contributed by atoms with Gasteiger partial charge in [0.05, 0.1) is 13.2 Å². The highest BCUT2D eigenvalue weighted by atomic mass is 35.5. The van der Waals surface area contributed by atoms with Gasteiger partial charge in [-0.25, -0.2) is 0 Å². The van der Waals surface area contributed by atoms with Crippen LogP contribution in [0.25, 0.3) is 0 Å². The Morgan fingerprint density at radius 2 is 2.05 bits per heavy atom. The van der Waals surface area contributed by atoms with Crippen LogP contribution in [0.3, 0.4) is 0 Å². The Morgan fingerprint density at radius 3 is 2.65 bits per heavy atom. The zero-order chi connectivity index (χ0) is 13.7. The van der Waals surface area contributed by atoms with Crippen molar-refractivity contribution in [3.8, 4) is 0 Å². The van der Waals surface area contributed by atoms with E-state index >= 15 is 0 Å². The molecule has 2 heterocycles. The van der Waals surface area contributed by atoms with Gasteiger partial charge in [0.2, 0.25) is 11.8 Å². The zero-order valence-electron chi connectivity index (χ0n) is 12.0. The van der Waals surface area contributed by atoms with Gasteiger partial charge in [-0.2, -0.15) is 0 Å². The van der Waals surface area contributed by atoms with Crippen LogP contribution in [0.5, 0.6) is 0 Å². The average molecular weight is 306 g/mol. The maximum Gasteiger partial charge on any atom is 0.242 e. The van der Waals surface area contributed by atoms with Gasteiger partial charge in [-0.05, 0) is 25.9 Å². The monoisotopic (exact) mass is 305 g/mol. The quantitative estimate of drug-likeness (QED) is 0.776. The highest BCUT2D eigenvalue weighted by Gasteiger charge is 2.31. The SMILES string of the molecule is COCCN1CCN(C(=O)C2CCNCC2)CC1=O.Cl. The van der Waals surface area contributed by atoms with Crippen LogP contribution in [0.1, 0.15) is 12.8 Å². The van der Waals surface area contributed by atoms with Crippen LogP contribution in [-0.2, 0) is 14.3 Å². The van der Waals surface area contributed by atoms with E-state index in [-0.39, 0.29) is 36.7 Å². The Hall–Kier alpha value is -0.850. The van der Waals surface area contributed by atoms with Gasteiger partial charge in [-0.3, -0.25) is 9.59 Å². The van der Waals surface area contributed by atoms with Crippen molar-refractivity contribution < 1.29 is 14.3 Å². The fourth-order valence-electron chi connectivity index (χ4n) is 2.66. The molecule has 0 saturated carbocycles. The maximum atomic E-state index is 12.3. The number of piperidine rings is 1. The molecule has 6 nitrogen and oxygen atoms in total. The van der Waals surface area contributed by atoms with E-state index in [1.54, 1.807) is 16.9 Å². The molecule has 0 aromatic carbocycles. The number of methoxy groups -OCH3 is 1. The van der Waals surface area contributed by atoms with Gasteiger partial charge >= 0.3 is 0 Å². The molecule has 0 aliphatic carbocycles. The van der Waals surface area contributed by atoms with E-state index in [0.717, 1.165) is 25.9 Å². The minimum atomic E-state index is 0. The number of carbonyl (C=O) groups is 2. The van der Waals surface area contributed by atoms with Crippen molar-refractivity contribution in [2.75, 3.05) is 53.0 Å². The predicted molar refractivity (Wildman–Crippen MR) is 77.9 cm³/mol. The molecule has 2 aliphatic heterocycles. The molecule has 2 amide bonds. The number of piperazine rings is 1. The molecule has 0 unspecified atom stereocenters. The Labute approximate surface area is 126 Å². The lowest BCUT2D eigenvalue weighted by atomic mass is 9.96. The van der Waals surface area contributed by atoms with Gasteiger partial charge in [0.25, 0.3) is 0 Å². The zero-order valence-corrected chi connectivity index (χ0v) is 12.8. The molecular formula is C13H24ClN3O3. The molecule has 0 radical (unpaired) electrons. The standard InChI is InChI=1S/C13H23N3O3.ClH/c1-19-9-8-15-6-7-16(10-12(15)17)13(18)11-2-4-14-5-3-11;/h11,14H,2-10H2,1H3;1H. The molecule has 2 saturated heterocycles. The summed E-state index contributed by atoms with van der Waals surface area (Å²) in [7, 11) is 1.63. The summed E-state index contributed by atoms with van der Waals surface area (Å²) < 4.78 is 4.98. The Balaban J connectivity index is 0.00000200. The molecule has 0 bridgehead atoms. The largest absolute Gasteiger partial charge is 0.383 e. The number of carbonyl (C=O) groups excluding carboxylic acids is 2. The summed E-state index contributed by atoms with van der Waals surface area (Å²) in [6, 6.07) is 0. The Kier molecular flexibility index (Phi) is 7.26. The fraction of sp³-hybridized carbons (Fsp3) is 0.846. The van der Waals surface area contributed by atoms with Crippen molar-refractivity contribution in [1.82, 2.24) is 15.1 Å². The van der Waals surface area contributed by atoms with Crippen molar-refractivity contribution in [2.24, 2.45) is 5.92 Å². The summed E-state index contributed by atoms with van der Waals surface area (Å²) in [4.78, 5) is 27.8. The van der Waals surface area contributed by atoms with Gasteiger partial charge in [0.1, 0.15) is 0 Å². The van der Waals surface area contributed by atoms with Crippen molar-refractivity contribution in [3.63, 3.8) is 0 Å². The van der Waals surface area contributed by atoms with E-state index < -0.39 is 0 Å². The van der Waals surface area contributed by atoms with E-state index in [1.807, 2.05) is 0 Å². The molecule has 0 atom stereocenters. The summed E-state index contributed by atoms with van der Waals surface area (Å²) in [5.41, 5.74) is 0. The third kappa shape index (κ3) is 4.33. The number of hydrogen-bond acceptors (Lipinski definition) is 4. The number of nitrogens with one attached hydrogen (secondary N) is 1. The maximum absolute atomic E-state index is 12.3. The van der Waals surface area contributed by atoms with Crippen LogP contribution in [0.4, 0.5) is 0 Å². The van der Waals surface area contributed by atoms with Crippen LogP contribution < -0.4 is 5.32 Å². The van der Waals surface area contributed by atoms with Crippen molar-refractivity contribution in [2.45, 2.75) is 12.8 Å². The first-order chi connectivity index (χ1) is 9.22. The Bertz CT molecular complexity index is 335. The van der Waals surface area contributed by atoms with Crippen LogP contribution >= 0.6 is 12.4 Å². The van der Waals surface area contributed by atoms with E-state index in [9.17, 15) is 9.59 Å². The van der Waals surface area contributed by atoms with Gasteiger partial charge in [-0.1, -0.05) is 0 Å². The van der Waals surface area contributed by atoms with E-state index in [2.05, 4.69) is 5.32 Å². The molecule has 2 aliphatic rings. The first kappa shape index (κ1) is 17.2. The Morgan fingerprint density at radius 1 is 1.35 bits per heavy atom. The average Bonchev–Trinajstić information content (AvgIpc) is 2.46. The third-order valence-electron chi connectivity index (χ3n) is 3.88. The topological polar surface area (TPSA) is 61.9 Å². The first-order valence-electron chi connectivity index (χ1n) is 6.98. The normalized spacial score (nSPS) is 20.8. The minimum absolute atomic E-state index is 0. The van der Waals surface area contributed by atoms with E-state index in [1.165, 1.54) is 0 Å². The molecule has 2 fully saturated rings. The second-order valence-electron chi connectivity index (χ2n) is 5.16. The van der Waals surface area contributed by atoms with Crippen LogP contribution in [0.15, 0.2) is 0 Å². The summed E-state index contributed by atoms with van der Waals surface area (Å²) in [6.07, 6.45) is 1.77. The lowest BCUT2D eigenvalue weighted by Crippen LogP contribution is -2.54. The molecule has 0 aromatic rings. The number of amides is 2. The van der Waals surface area contributed by atoms with E-state index in [4.69, 9.17) is 4.74 Å². The van der Waals surface area contributed by atoms with E-state index in [0.29, 0.717) is 26.2 Å². The number of nitrogens with zero attached hydrogens (tertiary/aromatic N) is 2. The summed E-state index contributed by atoms with van der Waals surface area (Å²) in [5.74, 6) is 0.284. The molecule has 1 N–H and O–H groups in total. The predicted octanol–water partition coefficient (Wildman–Crippen LogP) is -0.275. The molecular weight excluding hydrogens is 282 g/mol. The van der Waals surface area contributed by atoms with Gasteiger partial charge in [0.15, 0.2) is 0 Å². The molecule has 0 aromatic heterocycles. The van der Waals surface area contributed by atoms with Crippen LogP contribution in [-0.4, -0.2) is 74.6 Å². The number of rotatable bonds is 4. The summed E-state index contributed by atoms with van der Waals surface area (Å²) in [6.45, 7) is 4.47. The lowest BCUT2D eigenvalue weighted by molar-refractivity contribution is -0.148. The molecule has 7 heteroatoms. The van der Waals surface area contributed by atoms with Crippen LogP contribution in [0.2, 0.25) is 0 Å².